The van der Waals surface area contributed by atoms with Crippen LogP contribution in [0.4, 0.5) is 0 Å². The number of sulfonamides is 1. The molecule has 0 spiro atoms. The fraction of sp³-hybridized carbons (Fsp3) is 0.250. The van der Waals surface area contributed by atoms with Crippen molar-refractivity contribution in [2.75, 3.05) is 14.1 Å². The van der Waals surface area contributed by atoms with E-state index >= 15 is 0 Å². The van der Waals surface area contributed by atoms with Gasteiger partial charge in [-0.05, 0) is 12.5 Å². The summed E-state index contributed by atoms with van der Waals surface area (Å²) in [6.07, 6.45) is 0. The maximum absolute atomic E-state index is 12.3. The van der Waals surface area contributed by atoms with Gasteiger partial charge in [0.15, 0.2) is 11.8 Å². The Labute approximate surface area is 145 Å². The summed E-state index contributed by atoms with van der Waals surface area (Å²) in [5, 5.41) is 11.7. The molecule has 1 atom stereocenters. The number of carbonyl (C=O) groups is 2. The molecule has 8 nitrogen and oxygen atoms in total. The number of nitrogens with zero attached hydrogens (tertiary/aromatic N) is 1. The highest BCUT2D eigenvalue weighted by Crippen LogP contribution is 2.23. The van der Waals surface area contributed by atoms with Crippen molar-refractivity contribution in [1.82, 2.24) is 9.62 Å². The van der Waals surface area contributed by atoms with Crippen LogP contribution in [-0.2, 0) is 14.8 Å². The van der Waals surface area contributed by atoms with Crippen LogP contribution in [0.15, 0.2) is 45.7 Å². The van der Waals surface area contributed by atoms with E-state index in [0.717, 1.165) is 10.4 Å². The van der Waals surface area contributed by atoms with Crippen LogP contribution >= 0.6 is 0 Å². The highest BCUT2D eigenvalue weighted by Gasteiger charge is 2.28. The zero-order chi connectivity index (χ0) is 18.8. The van der Waals surface area contributed by atoms with Crippen LogP contribution in [0.1, 0.15) is 27.9 Å². The maximum atomic E-state index is 12.3. The largest absolute Gasteiger partial charge is 0.479 e. The standard InChI is InChI=1S/C16H18N2O6S/c1-10-13(25(22,23)18(2)3)9-12(24-10)15(19)17-14(16(20)21)11-7-5-4-6-8-11/h4-9,14H,1-3H3,(H,17,19)(H,20,21)/t14-/m0/s1. The molecule has 0 bridgehead atoms. The van der Waals surface area contributed by atoms with E-state index in [1.54, 1.807) is 30.3 Å². The van der Waals surface area contributed by atoms with Gasteiger partial charge in [0.1, 0.15) is 10.7 Å². The summed E-state index contributed by atoms with van der Waals surface area (Å²) < 4.78 is 30.6. The Hall–Kier alpha value is -2.65. The van der Waals surface area contributed by atoms with Gasteiger partial charge in [-0.1, -0.05) is 30.3 Å². The Morgan fingerprint density at radius 3 is 2.32 bits per heavy atom. The quantitative estimate of drug-likeness (QED) is 0.798. The van der Waals surface area contributed by atoms with Gasteiger partial charge in [0.25, 0.3) is 5.91 Å². The molecule has 0 saturated carbocycles. The van der Waals surface area contributed by atoms with E-state index in [1.165, 1.54) is 21.0 Å². The highest BCUT2D eigenvalue weighted by atomic mass is 32.2. The number of carbonyl (C=O) groups excluding carboxylic acids is 1. The van der Waals surface area contributed by atoms with Gasteiger partial charge in [-0.25, -0.2) is 17.5 Å². The first kappa shape index (κ1) is 18.7. The molecule has 1 aromatic heterocycles. The summed E-state index contributed by atoms with van der Waals surface area (Å²) >= 11 is 0. The number of aryl methyl sites for hydroxylation is 1. The Morgan fingerprint density at radius 2 is 1.80 bits per heavy atom. The number of hydrogen-bond donors (Lipinski definition) is 2. The Bertz CT molecular complexity index is 887. The van der Waals surface area contributed by atoms with Gasteiger partial charge in [0, 0.05) is 20.2 Å². The summed E-state index contributed by atoms with van der Waals surface area (Å²) in [5.41, 5.74) is 0.382. The number of furan rings is 1. The van der Waals surface area contributed by atoms with Crippen molar-refractivity contribution in [2.24, 2.45) is 0 Å². The molecule has 0 saturated heterocycles. The second-order valence-corrected chi connectivity index (χ2v) is 7.59. The molecule has 0 aliphatic carbocycles. The molecule has 9 heteroatoms. The third kappa shape index (κ3) is 3.89. The molecule has 0 fully saturated rings. The number of hydrogen-bond acceptors (Lipinski definition) is 5. The summed E-state index contributed by atoms with van der Waals surface area (Å²) in [7, 11) is -1.06. The van der Waals surface area contributed by atoms with Gasteiger partial charge < -0.3 is 14.8 Å². The van der Waals surface area contributed by atoms with E-state index in [2.05, 4.69) is 5.32 Å². The van der Waals surface area contributed by atoms with Crippen molar-refractivity contribution < 1.29 is 27.5 Å². The molecule has 0 aliphatic rings. The molecule has 2 rings (SSSR count). The van der Waals surface area contributed by atoms with Crippen molar-refractivity contribution in [3.63, 3.8) is 0 Å². The zero-order valence-corrected chi connectivity index (χ0v) is 14.7. The lowest BCUT2D eigenvalue weighted by Crippen LogP contribution is -2.33. The van der Waals surface area contributed by atoms with Crippen LogP contribution in [0.5, 0.6) is 0 Å². The molecule has 0 radical (unpaired) electrons. The molecule has 134 valence electrons. The van der Waals surface area contributed by atoms with Crippen molar-refractivity contribution in [3.05, 3.63) is 53.5 Å². The lowest BCUT2D eigenvalue weighted by Gasteiger charge is -2.13. The second kappa shape index (κ2) is 7.08. The Kier molecular flexibility index (Phi) is 5.29. The summed E-state index contributed by atoms with van der Waals surface area (Å²) in [6.45, 7) is 1.42. The first-order valence-corrected chi connectivity index (χ1v) is 8.70. The van der Waals surface area contributed by atoms with E-state index in [0.29, 0.717) is 5.56 Å². The second-order valence-electron chi connectivity index (χ2n) is 5.47. The summed E-state index contributed by atoms with van der Waals surface area (Å²) in [6, 6.07) is 7.95. The molecule has 1 heterocycles. The summed E-state index contributed by atoms with van der Waals surface area (Å²) in [5.74, 6) is -2.30. The minimum Gasteiger partial charge on any atom is -0.479 e. The molecular weight excluding hydrogens is 348 g/mol. The van der Waals surface area contributed by atoms with Crippen molar-refractivity contribution in [3.8, 4) is 0 Å². The lowest BCUT2D eigenvalue weighted by atomic mass is 10.1. The van der Waals surface area contributed by atoms with Gasteiger partial charge in [-0.15, -0.1) is 0 Å². The van der Waals surface area contributed by atoms with Crippen LogP contribution in [0.2, 0.25) is 0 Å². The first-order chi connectivity index (χ1) is 11.6. The van der Waals surface area contributed by atoms with Crippen LogP contribution in [0.3, 0.4) is 0 Å². The number of benzene rings is 1. The Balaban J connectivity index is 2.31. The van der Waals surface area contributed by atoms with Gasteiger partial charge in [0.05, 0.1) is 0 Å². The first-order valence-electron chi connectivity index (χ1n) is 7.26. The number of carboxylic acid groups (broad SMARTS) is 1. The average molecular weight is 366 g/mol. The highest BCUT2D eigenvalue weighted by molar-refractivity contribution is 7.89. The van der Waals surface area contributed by atoms with Crippen molar-refractivity contribution >= 4 is 21.9 Å². The van der Waals surface area contributed by atoms with E-state index < -0.39 is 27.9 Å². The third-order valence-corrected chi connectivity index (χ3v) is 5.43. The average Bonchev–Trinajstić information content (AvgIpc) is 2.95. The maximum Gasteiger partial charge on any atom is 0.330 e. The minimum atomic E-state index is -3.77. The smallest absolute Gasteiger partial charge is 0.330 e. The molecular formula is C16H18N2O6S. The minimum absolute atomic E-state index is 0.0467. The van der Waals surface area contributed by atoms with E-state index in [9.17, 15) is 23.1 Å². The topological polar surface area (TPSA) is 117 Å². The van der Waals surface area contributed by atoms with Gasteiger partial charge in [-0.3, -0.25) is 4.79 Å². The molecule has 0 unspecified atom stereocenters. The van der Waals surface area contributed by atoms with E-state index in [-0.39, 0.29) is 16.4 Å². The molecule has 25 heavy (non-hydrogen) atoms. The van der Waals surface area contributed by atoms with Crippen LogP contribution in [0, 0.1) is 6.92 Å². The number of nitrogens with one attached hydrogen (secondary N) is 1. The van der Waals surface area contributed by atoms with Gasteiger partial charge in [0.2, 0.25) is 10.0 Å². The number of aliphatic carboxylic acids is 1. The predicted octanol–water partition coefficient (Wildman–Crippen LogP) is 1.39. The van der Waals surface area contributed by atoms with Crippen LogP contribution in [0.25, 0.3) is 0 Å². The SMILES string of the molecule is Cc1oc(C(=O)N[C@H](C(=O)O)c2ccccc2)cc1S(=O)(=O)N(C)C. The van der Waals surface area contributed by atoms with Crippen LogP contribution in [-0.4, -0.2) is 43.8 Å². The molecule has 2 N–H and O–H groups in total. The Morgan fingerprint density at radius 1 is 1.20 bits per heavy atom. The molecule has 0 aliphatic heterocycles. The molecule has 1 amide bonds. The lowest BCUT2D eigenvalue weighted by molar-refractivity contribution is -0.139. The fourth-order valence-electron chi connectivity index (χ4n) is 2.17. The number of amides is 1. The fourth-order valence-corrected chi connectivity index (χ4v) is 3.22. The molecule has 1 aromatic carbocycles. The van der Waals surface area contributed by atoms with E-state index in [4.69, 9.17) is 4.42 Å². The van der Waals surface area contributed by atoms with Gasteiger partial charge >= 0.3 is 5.97 Å². The summed E-state index contributed by atoms with van der Waals surface area (Å²) in [4.78, 5) is 23.6. The number of rotatable bonds is 6. The van der Waals surface area contributed by atoms with Gasteiger partial charge in [-0.2, -0.15) is 0 Å². The normalized spacial score (nSPS) is 12.8. The van der Waals surface area contributed by atoms with Crippen molar-refractivity contribution in [1.29, 1.82) is 0 Å². The third-order valence-electron chi connectivity index (χ3n) is 3.51. The van der Waals surface area contributed by atoms with Crippen LogP contribution < -0.4 is 5.32 Å². The van der Waals surface area contributed by atoms with E-state index in [1.807, 2.05) is 0 Å². The van der Waals surface area contributed by atoms with Crippen molar-refractivity contribution in [2.45, 2.75) is 17.9 Å². The molecule has 2 aromatic rings. The number of carboxylic acids is 1. The zero-order valence-electron chi connectivity index (χ0n) is 13.9. The monoisotopic (exact) mass is 366 g/mol. The predicted molar refractivity (Wildman–Crippen MR) is 88.6 cm³/mol.